The van der Waals surface area contributed by atoms with Crippen molar-refractivity contribution in [1.29, 1.82) is 0 Å². The number of rotatable bonds is 5. The summed E-state index contributed by atoms with van der Waals surface area (Å²) in [5.74, 6) is 1.63. The summed E-state index contributed by atoms with van der Waals surface area (Å²) in [5, 5.41) is 2.13. The number of nitrogens with zero attached hydrogens (tertiary/aromatic N) is 2. The van der Waals surface area contributed by atoms with Gasteiger partial charge in [0.1, 0.15) is 11.5 Å². The van der Waals surface area contributed by atoms with E-state index in [9.17, 15) is 4.79 Å². The van der Waals surface area contributed by atoms with Crippen LogP contribution >= 0.6 is 0 Å². The molecule has 5 nitrogen and oxygen atoms in total. The van der Waals surface area contributed by atoms with Gasteiger partial charge in [0.15, 0.2) is 6.10 Å². The number of benzene rings is 3. The highest BCUT2D eigenvalue weighted by atomic mass is 16.5. The van der Waals surface area contributed by atoms with Crippen molar-refractivity contribution in [2.24, 2.45) is 0 Å². The van der Waals surface area contributed by atoms with E-state index in [-0.39, 0.29) is 5.91 Å². The molecule has 1 saturated heterocycles. The van der Waals surface area contributed by atoms with Crippen molar-refractivity contribution in [3.8, 4) is 11.5 Å². The maximum absolute atomic E-state index is 13.0. The molecule has 0 saturated carbocycles. The highest BCUT2D eigenvalue weighted by Gasteiger charge is 2.27. The van der Waals surface area contributed by atoms with E-state index < -0.39 is 6.10 Å². The number of piperazine rings is 1. The summed E-state index contributed by atoms with van der Waals surface area (Å²) in [6, 6.07) is 22.0. The van der Waals surface area contributed by atoms with Crippen LogP contribution in [0.4, 0.5) is 5.69 Å². The van der Waals surface area contributed by atoms with E-state index in [1.165, 1.54) is 0 Å². The Hall–Kier alpha value is -3.21. The molecular formula is C24H26N2O3. The molecule has 0 bridgehead atoms. The predicted octanol–water partition coefficient (Wildman–Crippen LogP) is 3.96. The number of ether oxygens (including phenoxy) is 2. The molecule has 0 spiro atoms. The molecule has 1 fully saturated rings. The number of para-hydroxylation sites is 2. The fourth-order valence-corrected chi connectivity index (χ4v) is 3.86. The second kappa shape index (κ2) is 8.43. The lowest BCUT2D eigenvalue weighted by Crippen LogP contribution is -2.52. The molecule has 5 heteroatoms. The Morgan fingerprint density at radius 2 is 1.52 bits per heavy atom. The molecule has 0 aliphatic carbocycles. The monoisotopic (exact) mass is 390 g/mol. The van der Waals surface area contributed by atoms with Crippen molar-refractivity contribution >= 4 is 22.4 Å². The third kappa shape index (κ3) is 3.99. The van der Waals surface area contributed by atoms with Gasteiger partial charge in [-0.3, -0.25) is 4.79 Å². The minimum atomic E-state index is -0.529. The zero-order chi connectivity index (χ0) is 20.2. The van der Waals surface area contributed by atoms with Gasteiger partial charge < -0.3 is 19.3 Å². The number of hydrogen-bond acceptors (Lipinski definition) is 4. The van der Waals surface area contributed by atoms with E-state index in [0.29, 0.717) is 13.1 Å². The Morgan fingerprint density at radius 1 is 0.862 bits per heavy atom. The summed E-state index contributed by atoms with van der Waals surface area (Å²) in [6.45, 7) is 4.71. The predicted molar refractivity (Wildman–Crippen MR) is 116 cm³/mol. The van der Waals surface area contributed by atoms with Crippen molar-refractivity contribution in [3.63, 3.8) is 0 Å². The second-order valence-corrected chi connectivity index (χ2v) is 7.22. The van der Waals surface area contributed by atoms with E-state index >= 15 is 0 Å². The van der Waals surface area contributed by atoms with Gasteiger partial charge in [0.2, 0.25) is 0 Å². The van der Waals surface area contributed by atoms with Gasteiger partial charge in [-0.25, -0.2) is 0 Å². The van der Waals surface area contributed by atoms with E-state index in [1.54, 1.807) is 7.11 Å². The Kier molecular flexibility index (Phi) is 5.56. The first-order valence-corrected chi connectivity index (χ1v) is 9.98. The van der Waals surface area contributed by atoms with Crippen molar-refractivity contribution in [3.05, 3.63) is 66.7 Å². The number of carbonyl (C=O) groups excluding carboxylic acids is 1. The summed E-state index contributed by atoms with van der Waals surface area (Å²) >= 11 is 0. The fraction of sp³-hybridized carbons (Fsp3) is 0.292. The van der Waals surface area contributed by atoms with Crippen LogP contribution < -0.4 is 14.4 Å². The van der Waals surface area contributed by atoms with Crippen LogP contribution in [0.1, 0.15) is 6.92 Å². The molecule has 0 radical (unpaired) electrons. The van der Waals surface area contributed by atoms with Crippen LogP contribution in [-0.4, -0.2) is 50.2 Å². The molecular weight excluding hydrogens is 364 g/mol. The highest BCUT2D eigenvalue weighted by Crippen LogP contribution is 2.29. The maximum atomic E-state index is 13.0. The molecule has 0 N–H and O–H groups in total. The van der Waals surface area contributed by atoms with Gasteiger partial charge in [0, 0.05) is 31.6 Å². The molecule has 0 unspecified atom stereocenters. The lowest BCUT2D eigenvalue weighted by atomic mass is 10.1. The van der Waals surface area contributed by atoms with Crippen molar-refractivity contribution in [2.45, 2.75) is 13.0 Å². The van der Waals surface area contributed by atoms with Gasteiger partial charge in [0.05, 0.1) is 12.8 Å². The molecule has 0 aromatic heterocycles. The molecule has 150 valence electrons. The van der Waals surface area contributed by atoms with Crippen LogP contribution in [0.5, 0.6) is 11.5 Å². The number of hydrogen-bond donors (Lipinski definition) is 0. The molecule has 1 aliphatic heterocycles. The molecule has 1 aliphatic rings. The van der Waals surface area contributed by atoms with Crippen LogP contribution in [-0.2, 0) is 4.79 Å². The average molecular weight is 390 g/mol. The molecule has 3 aromatic carbocycles. The Labute approximate surface area is 171 Å². The summed E-state index contributed by atoms with van der Waals surface area (Å²) in [6.07, 6.45) is -0.529. The molecule has 3 aromatic rings. The standard InChI is InChI=1S/C24H26N2O3/c1-18(29-22-13-7-9-19-8-3-4-10-20(19)22)24(27)26-16-14-25(15-17-26)21-11-5-6-12-23(21)28-2/h3-13,18H,14-17H2,1-2H3/t18-/m1/s1. The summed E-state index contributed by atoms with van der Waals surface area (Å²) in [4.78, 5) is 17.1. The first-order chi connectivity index (χ1) is 14.2. The molecule has 4 rings (SSSR count). The minimum absolute atomic E-state index is 0.0256. The minimum Gasteiger partial charge on any atom is -0.495 e. The van der Waals surface area contributed by atoms with Gasteiger partial charge >= 0.3 is 0 Å². The Balaban J connectivity index is 1.40. The number of carbonyl (C=O) groups is 1. The molecule has 1 heterocycles. The van der Waals surface area contributed by atoms with Gasteiger partial charge in [0.25, 0.3) is 5.91 Å². The van der Waals surface area contributed by atoms with E-state index in [0.717, 1.165) is 41.0 Å². The second-order valence-electron chi connectivity index (χ2n) is 7.22. The smallest absolute Gasteiger partial charge is 0.263 e. The van der Waals surface area contributed by atoms with Gasteiger partial charge in [-0.15, -0.1) is 0 Å². The number of methoxy groups -OCH3 is 1. The largest absolute Gasteiger partial charge is 0.495 e. The third-order valence-electron chi connectivity index (χ3n) is 5.42. The third-order valence-corrected chi connectivity index (χ3v) is 5.42. The number of amides is 1. The lowest BCUT2D eigenvalue weighted by Gasteiger charge is -2.37. The fourth-order valence-electron chi connectivity index (χ4n) is 3.86. The van der Waals surface area contributed by atoms with Crippen LogP contribution in [0.15, 0.2) is 66.7 Å². The topological polar surface area (TPSA) is 42.0 Å². The first-order valence-electron chi connectivity index (χ1n) is 9.98. The lowest BCUT2D eigenvalue weighted by molar-refractivity contribution is -0.138. The zero-order valence-corrected chi connectivity index (χ0v) is 16.9. The SMILES string of the molecule is COc1ccccc1N1CCN(C(=O)[C@@H](C)Oc2cccc3ccccc23)CC1. The zero-order valence-electron chi connectivity index (χ0n) is 16.9. The van der Waals surface area contributed by atoms with Crippen molar-refractivity contribution in [2.75, 3.05) is 38.2 Å². The van der Waals surface area contributed by atoms with Crippen LogP contribution in [0.3, 0.4) is 0 Å². The van der Waals surface area contributed by atoms with Gasteiger partial charge in [-0.05, 0) is 30.5 Å². The summed E-state index contributed by atoms with van der Waals surface area (Å²) in [7, 11) is 1.69. The average Bonchev–Trinajstić information content (AvgIpc) is 2.79. The summed E-state index contributed by atoms with van der Waals surface area (Å²) < 4.78 is 11.5. The quantitative estimate of drug-likeness (QED) is 0.661. The van der Waals surface area contributed by atoms with E-state index in [1.807, 2.05) is 72.5 Å². The Bertz CT molecular complexity index is 991. The molecule has 29 heavy (non-hydrogen) atoms. The Morgan fingerprint density at radius 3 is 2.31 bits per heavy atom. The first kappa shape index (κ1) is 19.1. The molecule has 1 atom stereocenters. The van der Waals surface area contributed by atoms with Gasteiger partial charge in [-0.1, -0.05) is 48.5 Å². The maximum Gasteiger partial charge on any atom is 0.263 e. The van der Waals surface area contributed by atoms with Crippen molar-refractivity contribution in [1.82, 2.24) is 4.90 Å². The number of fused-ring (bicyclic) bond motifs is 1. The van der Waals surface area contributed by atoms with Crippen LogP contribution in [0, 0.1) is 0 Å². The normalized spacial score (nSPS) is 15.2. The van der Waals surface area contributed by atoms with Crippen LogP contribution in [0.25, 0.3) is 10.8 Å². The van der Waals surface area contributed by atoms with E-state index in [4.69, 9.17) is 9.47 Å². The summed E-state index contributed by atoms with van der Waals surface area (Å²) in [5.41, 5.74) is 1.07. The van der Waals surface area contributed by atoms with Gasteiger partial charge in [-0.2, -0.15) is 0 Å². The van der Waals surface area contributed by atoms with E-state index in [2.05, 4.69) is 11.0 Å². The van der Waals surface area contributed by atoms with Crippen molar-refractivity contribution < 1.29 is 14.3 Å². The highest BCUT2D eigenvalue weighted by molar-refractivity contribution is 5.89. The van der Waals surface area contributed by atoms with Crippen LogP contribution in [0.2, 0.25) is 0 Å². The molecule has 1 amide bonds. The number of anilines is 1.